The summed E-state index contributed by atoms with van der Waals surface area (Å²) >= 11 is 0. The van der Waals surface area contributed by atoms with Crippen molar-refractivity contribution in [2.75, 3.05) is 13.3 Å². The predicted molar refractivity (Wildman–Crippen MR) is 71.3 cm³/mol. The monoisotopic (exact) mass is 225 g/mol. The molecule has 94 valence electrons. The van der Waals surface area contributed by atoms with Crippen LogP contribution in [0, 0.1) is 0 Å². The number of rotatable bonds is 8. The van der Waals surface area contributed by atoms with E-state index in [0.717, 1.165) is 13.0 Å². The molecule has 0 bridgehead atoms. The topological polar surface area (TPSA) is 12.5 Å². The van der Waals surface area contributed by atoms with Crippen LogP contribution < -0.4 is 0 Å². The minimum Gasteiger partial charge on any atom is -0.361 e. The van der Waals surface area contributed by atoms with Gasteiger partial charge in [0.05, 0.1) is 0 Å². The molecule has 0 aromatic heterocycles. The van der Waals surface area contributed by atoms with Crippen molar-refractivity contribution in [3.05, 3.63) is 23.9 Å². The molecule has 2 heteroatoms. The molecule has 2 nitrogen and oxygen atoms in total. The second-order valence-electron chi connectivity index (χ2n) is 4.10. The first-order valence-corrected chi connectivity index (χ1v) is 6.34. The van der Waals surface area contributed by atoms with E-state index in [2.05, 4.69) is 50.8 Å². The maximum Gasteiger partial charge on any atom is 0.119 e. The molecule has 0 aliphatic heterocycles. The summed E-state index contributed by atoms with van der Waals surface area (Å²) in [6.07, 6.45) is 8.84. The molecule has 0 aliphatic rings. The molecule has 0 spiro atoms. The van der Waals surface area contributed by atoms with Gasteiger partial charge in [0.1, 0.15) is 6.73 Å². The van der Waals surface area contributed by atoms with Crippen LogP contribution in [0.15, 0.2) is 23.9 Å². The van der Waals surface area contributed by atoms with Crippen LogP contribution in [0.3, 0.4) is 0 Å². The Kier molecular flexibility index (Phi) is 9.02. The number of ether oxygens (including phenoxy) is 1. The van der Waals surface area contributed by atoms with Gasteiger partial charge in [-0.2, -0.15) is 0 Å². The Morgan fingerprint density at radius 2 is 2.00 bits per heavy atom. The van der Waals surface area contributed by atoms with Crippen molar-refractivity contribution in [1.29, 1.82) is 0 Å². The van der Waals surface area contributed by atoms with Gasteiger partial charge >= 0.3 is 0 Å². The van der Waals surface area contributed by atoms with Gasteiger partial charge in [0.2, 0.25) is 0 Å². The van der Waals surface area contributed by atoms with Gasteiger partial charge < -0.3 is 9.64 Å². The largest absolute Gasteiger partial charge is 0.361 e. The third kappa shape index (κ3) is 5.96. The maximum absolute atomic E-state index is 5.52. The van der Waals surface area contributed by atoms with Crippen LogP contribution in [0.25, 0.3) is 0 Å². The van der Waals surface area contributed by atoms with E-state index in [1.165, 1.54) is 12.1 Å². The Hall–Kier alpha value is -0.760. The predicted octanol–water partition coefficient (Wildman–Crippen LogP) is 3.95. The van der Waals surface area contributed by atoms with E-state index in [0.29, 0.717) is 12.8 Å². The quantitative estimate of drug-likeness (QED) is 0.458. The lowest BCUT2D eigenvalue weighted by Crippen LogP contribution is -2.32. The molecule has 0 unspecified atom stereocenters. The summed E-state index contributed by atoms with van der Waals surface area (Å²) in [5, 5.41) is 0. The zero-order valence-electron chi connectivity index (χ0n) is 11.5. The zero-order chi connectivity index (χ0) is 12.4. The zero-order valence-corrected chi connectivity index (χ0v) is 11.5. The van der Waals surface area contributed by atoms with Crippen molar-refractivity contribution in [2.45, 2.75) is 53.5 Å². The van der Waals surface area contributed by atoms with Crippen LogP contribution in [-0.2, 0) is 4.74 Å². The van der Waals surface area contributed by atoms with Gasteiger partial charge in [0, 0.05) is 18.3 Å². The van der Waals surface area contributed by atoms with Gasteiger partial charge in [-0.25, -0.2) is 0 Å². The van der Waals surface area contributed by atoms with Gasteiger partial charge in [0.15, 0.2) is 0 Å². The van der Waals surface area contributed by atoms with Gasteiger partial charge in [-0.15, -0.1) is 0 Å². The molecule has 0 aliphatic carbocycles. The maximum atomic E-state index is 5.52. The molecular weight excluding hydrogens is 198 g/mol. The van der Waals surface area contributed by atoms with Crippen molar-refractivity contribution < 1.29 is 4.74 Å². The van der Waals surface area contributed by atoms with E-state index in [1.54, 1.807) is 0 Å². The van der Waals surface area contributed by atoms with E-state index in [9.17, 15) is 0 Å². The molecule has 0 rings (SSSR count). The van der Waals surface area contributed by atoms with Crippen LogP contribution in [0.2, 0.25) is 0 Å². The Bertz CT molecular complexity index is 219. The molecule has 0 atom stereocenters. The number of nitrogens with zero attached hydrogens (tertiary/aromatic N) is 1. The first-order chi connectivity index (χ1) is 7.67. The van der Waals surface area contributed by atoms with E-state index in [1.807, 2.05) is 6.92 Å². The smallest absolute Gasteiger partial charge is 0.119 e. The molecule has 16 heavy (non-hydrogen) atoms. The number of hydrogen-bond donors (Lipinski definition) is 0. The van der Waals surface area contributed by atoms with Gasteiger partial charge in [0.25, 0.3) is 0 Å². The first-order valence-electron chi connectivity index (χ1n) is 6.34. The molecule has 0 saturated carbocycles. The van der Waals surface area contributed by atoms with E-state index < -0.39 is 0 Å². The highest BCUT2D eigenvalue weighted by Gasteiger charge is 2.10. The molecule has 0 N–H and O–H groups in total. The lowest BCUT2D eigenvalue weighted by molar-refractivity contribution is 0.0421. The van der Waals surface area contributed by atoms with Crippen molar-refractivity contribution in [1.82, 2.24) is 4.90 Å². The van der Waals surface area contributed by atoms with Crippen LogP contribution >= 0.6 is 0 Å². The fourth-order valence-electron chi connectivity index (χ4n) is 1.46. The van der Waals surface area contributed by atoms with Gasteiger partial charge in [-0.3, -0.25) is 0 Å². The summed E-state index contributed by atoms with van der Waals surface area (Å²) in [7, 11) is 0. The molecule has 0 heterocycles. The Morgan fingerprint density at radius 3 is 2.44 bits per heavy atom. The number of hydrogen-bond acceptors (Lipinski definition) is 2. The highest BCUT2D eigenvalue weighted by molar-refractivity contribution is 5.17. The summed E-state index contributed by atoms with van der Waals surface area (Å²) in [5.41, 5.74) is 1.27. The van der Waals surface area contributed by atoms with Gasteiger partial charge in [-0.05, 0) is 40.2 Å². The lowest BCUT2D eigenvalue weighted by Gasteiger charge is -2.29. The Morgan fingerprint density at radius 1 is 1.31 bits per heavy atom. The molecule has 0 amide bonds. The van der Waals surface area contributed by atoms with Crippen LogP contribution in [0.1, 0.15) is 47.5 Å². The molecule has 0 fully saturated rings. The number of unbranched alkanes of at least 4 members (excludes halogenated alkanes) is 1. The summed E-state index contributed by atoms with van der Waals surface area (Å²) in [5.74, 6) is 0. The van der Waals surface area contributed by atoms with E-state index in [4.69, 9.17) is 4.74 Å². The van der Waals surface area contributed by atoms with Crippen molar-refractivity contribution >= 4 is 0 Å². The normalized spacial score (nSPS) is 12.8. The SMILES string of the molecule is C/C=C/C(=C\CCC)N(COCC)C(C)C. The summed E-state index contributed by atoms with van der Waals surface area (Å²) in [6, 6.07) is 0.464. The van der Waals surface area contributed by atoms with Crippen molar-refractivity contribution in [3.8, 4) is 0 Å². The molecular formula is C14H27NO. The molecule has 0 aromatic rings. The third-order valence-corrected chi connectivity index (χ3v) is 2.37. The minimum absolute atomic E-state index is 0.464. The average molecular weight is 225 g/mol. The highest BCUT2D eigenvalue weighted by atomic mass is 16.5. The molecule has 0 radical (unpaired) electrons. The highest BCUT2D eigenvalue weighted by Crippen LogP contribution is 2.13. The second-order valence-corrected chi connectivity index (χ2v) is 4.10. The van der Waals surface area contributed by atoms with E-state index in [-0.39, 0.29) is 0 Å². The number of allylic oxidation sites excluding steroid dienone is 3. The molecule has 0 aromatic carbocycles. The van der Waals surface area contributed by atoms with Crippen LogP contribution in [0.4, 0.5) is 0 Å². The first kappa shape index (κ1) is 15.2. The van der Waals surface area contributed by atoms with Crippen LogP contribution in [0.5, 0.6) is 0 Å². The molecule has 0 saturated heterocycles. The Balaban J connectivity index is 4.65. The summed E-state index contributed by atoms with van der Waals surface area (Å²) in [4.78, 5) is 2.29. The van der Waals surface area contributed by atoms with Crippen molar-refractivity contribution in [2.24, 2.45) is 0 Å². The summed E-state index contributed by atoms with van der Waals surface area (Å²) in [6.45, 7) is 12.1. The second kappa shape index (κ2) is 9.46. The average Bonchev–Trinajstić information content (AvgIpc) is 2.25. The van der Waals surface area contributed by atoms with E-state index >= 15 is 0 Å². The van der Waals surface area contributed by atoms with Crippen molar-refractivity contribution in [3.63, 3.8) is 0 Å². The van der Waals surface area contributed by atoms with Gasteiger partial charge in [-0.1, -0.05) is 25.5 Å². The summed E-state index contributed by atoms with van der Waals surface area (Å²) < 4.78 is 5.52. The third-order valence-electron chi connectivity index (χ3n) is 2.37. The Labute approximate surface area is 101 Å². The lowest BCUT2D eigenvalue weighted by atomic mass is 10.2. The van der Waals surface area contributed by atoms with Crippen LogP contribution in [-0.4, -0.2) is 24.3 Å². The fraction of sp³-hybridized carbons (Fsp3) is 0.714. The standard InChI is InChI=1S/C14H27NO/c1-6-9-11-14(10-7-2)15(13(4)5)12-16-8-3/h7,10-11,13H,6,8-9,12H2,1-5H3/b10-7+,14-11+. The fourth-order valence-corrected chi connectivity index (χ4v) is 1.46. The minimum atomic E-state index is 0.464.